The van der Waals surface area contributed by atoms with Crippen LogP contribution in [0.15, 0.2) is 24.3 Å². The van der Waals surface area contributed by atoms with Crippen LogP contribution in [0.2, 0.25) is 10.0 Å². The molecule has 0 spiro atoms. The SMILES string of the molecule is CC(C)CNC(=O)C(C)OC(=O)/C=C/c1ccc(Cl)c(Cl)c1. The fourth-order valence-electron chi connectivity index (χ4n) is 1.50. The van der Waals surface area contributed by atoms with E-state index in [1.165, 1.54) is 13.0 Å². The number of carbonyl (C=O) groups excluding carboxylic acids is 2. The maximum atomic E-state index is 11.7. The molecule has 1 rings (SSSR count). The maximum absolute atomic E-state index is 11.7. The molecule has 0 fully saturated rings. The number of ether oxygens (including phenoxy) is 1. The number of benzene rings is 1. The summed E-state index contributed by atoms with van der Waals surface area (Å²) in [7, 11) is 0. The zero-order valence-corrected chi connectivity index (χ0v) is 14.2. The largest absolute Gasteiger partial charge is 0.449 e. The summed E-state index contributed by atoms with van der Waals surface area (Å²) in [5, 5.41) is 3.55. The van der Waals surface area contributed by atoms with E-state index in [4.69, 9.17) is 27.9 Å². The van der Waals surface area contributed by atoms with Crippen LogP contribution in [0.1, 0.15) is 26.3 Å². The van der Waals surface area contributed by atoms with Gasteiger partial charge in [-0.15, -0.1) is 0 Å². The molecule has 1 aromatic carbocycles. The topological polar surface area (TPSA) is 55.4 Å². The predicted molar refractivity (Wildman–Crippen MR) is 88.9 cm³/mol. The van der Waals surface area contributed by atoms with Crippen LogP contribution in [0.5, 0.6) is 0 Å². The van der Waals surface area contributed by atoms with Crippen LogP contribution in [-0.4, -0.2) is 24.5 Å². The van der Waals surface area contributed by atoms with Crippen molar-refractivity contribution in [3.63, 3.8) is 0 Å². The third kappa shape index (κ3) is 6.50. The molecular weight excluding hydrogens is 325 g/mol. The van der Waals surface area contributed by atoms with Gasteiger partial charge in [0.1, 0.15) is 0 Å². The van der Waals surface area contributed by atoms with Crippen LogP contribution in [0.4, 0.5) is 0 Å². The van der Waals surface area contributed by atoms with Gasteiger partial charge in [-0.1, -0.05) is 43.1 Å². The minimum atomic E-state index is -0.843. The zero-order valence-electron chi connectivity index (χ0n) is 12.7. The highest BCUT2D eigenvalue weighted by Gasteiger charge is 2.16. The number of hydrogen-bond donors (Lipinski definition) is 1. The fraction of sp³-hybridized carbons (Fsp3) is 0.375. The third-order valence-electron chi connectivity index (χ3n) is 2.70. The lowest BCUT2D eigenvalue weighted by atomic mass is 10.2. The average Bonchev–Trinajstić information content (AvgIpc) is 2.45. The molecule has 0 aliphatic rings. The molecule has 22 heavy (non-hydrogen) atoms. The van der Waals surface area contributed by atoms with Crippen molar-refractivity contribution in [3.8, 4) is 0 Å². The predicted octanol–water partition coefficient (Wildman–Crippen LogP) is 3.71. The van der Waals surface area contributed by atoms with Gasteiger partial charge in [0.15, 0.2) is 6.10 Å². The molecule has 0 heterocycles. The number of halogens is 2. The van der Waals surface area contributed by atoms with E-state index in [1.807, 2.05) is 13.8 Å². The highest BCUT2D eigenvalue weighted by molar-refractivity contribution is 6.42. The second-order valence-corrected chi connectivity index (χ2v) is 6.04. The van der Waals surface area contributed by atoms with Crippen molar-refractivity contribution in [1.82, 2.24) is 5.32 Å². The Kier molecular flexibility index (Phi) is 7.42. The Balaban J connectivity index is 2.52. The molecule has 0 bridgehead atoms. The molecule has 1 N–H and O–H groups in total. The lowest BCUT2D eigenvalue weighted by Gasteiger charge is -2.13. The van der Waals surface area contributed by atoms with Gasteiger partial charge in [0, 0.05) is 12.6 Å². The Hall–Kier alpha value is -1.52. The first-order valence-electron chi connectivity index (χ1n) is 6.91. The third-order valence-corrected chi connectivity index (χ3v) is 3.44. The number of hydrogen-bond acceptors (Lipinski definition) is 3. The molecule has 0 radical (unpaired) electrons. The summed E-state index contributed by atoms with van der Waals surface area (Å²) in [6.45, 7) is 6.04. The van der Waals surface area contributed by atoms with Crippen molar-refractivity contribution >= 4 is 41.2 Å². The van der Waals surface area contributed by atoms with Crippen molar-refractivity contribution in [2.24, 2.45) is 5.92 Å². The van der Waals surface area contributed by atoms with Gasteiger partial charge < -0.3 is 10.1 Å². The molecular formula is C16H19Cl2NO3. The van der Waals surface area contributed by atoms with Gasteiger partial charge in [-0.2, -0.15) is 0 Å². The Morgan fingerprint density at radius 1 is 1.23 bits per heavy atom. The molecule has 0 saturated carbocycles. The molecule has 1 unspecified atom stereocenters. The van der Waals surface area contributed by atoms with Crippen molar-refractivity contribution in [2.75, 3.05) is 6.54 Å². The summed E-state index contributed by atoms with van der Waals surface area (Å²) >= 11 is 11.7. The highest BCUT2D eigenvalue weighted by Crippen LogP contribution is 2.23. The summed E-state index contributed by atoms with van der Waals surface area (Å²) in [6.07, 6.45) is 1.94. The van der Waals surface area contributed by atoms with Gasteiger partial charge in [0.25, 0.3) is 5.91 Å². The Morgan fingerprint density at radius 2 is 1.91 bits per heavy atom. The number of esters is 1. The molecule has 0 saturated heterocycles. The van der Waals surface area contributed by atoms with Crippen LogP contribution in [0.3, 0.4) is 0 Å². The standard InChI is InChI=1S/C16H19Cl2NO3/c1-10(2)9-19-16(21)11(3)22-15(20)7-5-12-4-6-13(17)14(18)8-12/h4-8,10-11H,9H2,1-3H3,(H,19,21)/b7-5+. The van der Waals surface area contributed by atoms with Crippen molar-refractivity contribution in [1.29, 1.82) is 0 Å². The van der Waals surface area contributed by atoms with Crippen LogP contribution in [0, 0.1) is 5.92 Å². The zero-order chi connectivity index (χ0) is 16.7. The molecule has 1 atom stereocenters. The quantitative estimate of drug-likeness (QED) is 0.632. The maximum Gasteiger partial charge on any atom is 0.331 e. The van der Waals surface area contributed by atoms with Crippen molar-refractivity contribution < 1.29 is 14.3 Å². The first-order valence-corrected chi connectivity index (χ1v) is 7.66. The van der Waals surface area contributed by atoms with Crippen LogP contribution < -0.4 is 5.32 Å². The Morgan fingerprint density at radius 3 is 2.50 bits per heavy atom. The van der Waals surface area contributed by atoms with E-state index in [2.05, 4.69) is 5.32 Å². The average molecular weight is 344 g/mol. The van der Waals surface area contributed by atoms with E-state index in [-0.39, 0.29) is 5.91 Å². The molecule has 1 amide bonds. The van der Waals surface area contributed by atoms with E-state index >= 15 is 0 Å². The molecule has 0 aliphatic carbocycles. The lowest BCUT2D eigenvalue weighted by molar-refractivity contribution is -0.150. The minimum Gasteiger partial charge on any atom is -0.449 e. The molecule has 0 aromatic heterocycles. The molecule has 1 aromatic rings. The normalized spacial score (nSPS) is 12.5. The van der Waals surface area contributed by atoms with Gasteiger partial charge in [0.05, 0.1) is 10.0 Å². The smallest absolute Gasteiger partial charge is 0.331 e. The monoisotopic (exact) mass is 343 g/mol. The van der Waals surface area contributed by atoms with Crippen LogP contribution in [-0.2, 0) is 14.3 Å². The summed E-state index contributed by atoms with van der Waals surface area (Å²) in [5.74, 6) is -0.579. The molecule has 0 aliphatic heterocycles. The van der Waals surface area contributed by atoms with E-state index in [0.717, 1.165) is 0 Å². The first kappa shape index (κ1) is 18.5. The minimum absolute atomic E-state index is 0.315. The summed E-state index contributed by atoms with van der Waals surface area (Å²) < 4.78 is 5.02. The molecule has 120 valence electrons. The number of rotatable bonds is 6. The summed E-state index contributed by atoms with van der Waals surface area (Å²) in [6, 6.07) is 4.99. The van der Waals surface area contributed by atoms with E-state index < -0.39 is 12.1 Å². The summed E-state index contributed by atoms with van der Waals surface area (Å²) in [5.41, 5.74) is 0.711. The van der Waals surface area contributed by atoms with Crippen LogP contribution >= 0.6 is 23.2 Å². The number of nitrogens with one attached hydrogen (secondary N) is 1. The van der Waals surface area contributed by atoms with Crippen molar-refractivity contribution in [2.45, 2.75) is 26.9 Å². The first-order chi connectivity index (χ1) is 10.3. The summed E-state index contributed by atoms with van der Waals surface area (Å²) in [4.78, 5) is 23.4. The highest BCUT2D eigenvalue weighted by atomic mass is 35.5. The van der Waals surface area contributed by atoms with Crippen molar-refractivity contribution in [3.05, 3.63) is 39.9 Å². The number of carbonyl (C=O) groups is 2. The van der Waals surface area contributed by atoms with Gasteiger partial charge in [-0.05, 0) is 36.6 Å². The van der Waals surface area contributed by atoms with Gasteiger partial charge in [-0.3, -0.25) is 4.79 Å². The fourth-order valence-corrected chi connectivity index (χ4v) is 1.80. The number of amides is 1. The Bertz CT molecular complexity index is 571. The van der Waals surface area contributed by atoms with Gasteiger partial charge >= 0.3 is 5.97 Å². The van der Waals surface area contributed by atoms with Crippen LogP contribution in [0.25, 0.3) is 6.08 Å². The van der Waals surface area contributed by atoms with E-state index in [9.17, 15) is 9.59 Å². The molecule has 6 heteroatoms. The lowest BCUT2D eigenvalue weighted by Crippen LogP contribution is -2.37. The Labute approximate surface area is 140 Å². The second kappa shape index (κ2) is 8.81. The molecule has 4 nitrogen and oxygen atoms in total. The van der Waals surface area contributed by atoms with Gasteiger partial charge in [-0.25, -0.2) is 4.79 Å². The van der Waals surface area contributed by atoms with E-state index in [1.54, 1.807) is 24.3 Å². The van der Waals surface area contributed by atoms with Gasteiger partial charge in [0.2, 0.25) is 0 Å². The van der Waals surface area contributed by atoms with E-state index in [0.29, 0.717) is 28.1 Å². The second-order valence-electron chi connectivity index (χ2n) is 5.22.